The maximum atomic E-state index is 12.4. The van der Waals surface area contributed by atoms with Gasteiger partial charge in [0.1, 0.15) is 11.4 Å². The van der Waals surface area contributed by atoms with Gasteiger partial charge in [0, 0.05) is 29.9 Å². The SMILES string of the molecule is O=C(Oc1cccc2c1CCCC2=O)c1cn2ccccc2n1. The number of aromatic nitrogens is 2. The van der Waals surface area contributed by atoms with Crippen LogP contribution in [-0.2, 0) is 6.42 Å². The van der Waals surface area contributed by atoms with Crippen LogP contribution in [0, 0.1) is 0 Å². The Labute approximate surface area is 132 Å². The molecule has 0 bridgehead atoms. The molecule has 0 unspecified atom stereocenters. The topological polar surface area (TPSA) is 60.7 Å². The van der Waals surface area contributed by atoms with Crippen LogP contribution in [0.15, 0.2) is 48.8 Å². The molecule has 4 rings (SSSR count). The molecular weight excluding hydrogens is 292 g/mol. The molecule has 5 nitrogen and oxygen atoms in total. The fourth-order valence-corrected chi connectivity index (χ4v) is 2.93. The van der Waals surface area contributed by atoms with Crippen molar-refractivity contribution in [3.8, 4) is 5.75 Å². The van der Waals surface area contributed by atoms with Crippen LogP contribution >= 0.6 is 0 Å². The van der Waals surface area contributed by atoms with Crippen LogP contribution in [0.1, 0.15) is 39.3 Å². The van der Waals surface area contributed by atoms with Crippen molar-refractivity contribution in [2.24, 2.45) is 0 Å². The lowest BCUT2D eigenvalue weighted by Gasteiger charge is -2.17. The summed E-state index contributed by atoms with van der Waals surface area (Å²) >= 11 is 0. The molecule has 0 N–H and O–H groups in total. The Kier molecular flexibility index (Phi) is 3.19. The number of esters is 1. The van der Waals surface area contributed by atoms with Gasteiger partial charge in [-0.15, -0.1) is 0 Å². The zero-order chi connectivity index (χ0) is 15.8. The van der Waals surface area contributed by atoms with Crippen LogP contribution in [0.2, 0.25) is 0 Å². The van der Waals surface area contributed by atoms with Crippen molar-refractivity contribution in [2.75, 3.05) is 0 Å². The van der Waals surface area contributed by atoms with E-state index in [1.807, 2.05) is 24.4 Å². The summed E-state index contributed by atoms with van der Waals surface area (Å²) in [5.74, 6) is 0.0506. The summed E-state index contributed by atoms with van der Waals surface area (Å²) < 4.78 is 7.27. The Morgan fingerprint density at radius 2 is 2.04 bits per heavy atom. The first kappa shape index (κ1) is 13.7. The second kappa shape index (κ2) is 5.35. The highest BCUT2D eigenvalue weighted by Crippen LogP contribution is 2.30. The zero-order valence-corrected chi connectivity index (χ0v) is 12.4. The van der Waals surface area contributed by atoms with E-state index in [0.717, 1.165) is 18.4 Å². The standard InChI is InChI=1S/C18H14N2O3/c21-15-7-3-6-13-12(15)5-4-8-16(13)23-18(22)14-11-20-10-2-1-9-17(20)19-14/h1-2,4-5,8-11H,3,6-7H2. The summed E-state index contributed by atoms with van der Waals surface area (Å²) in [7, 11) is 0. The number of carbonyl (C=O) groups is 2. The lowest BCUT2D eigenvalue weighted by atomic mass is 9.90. The third kappa shape index (κ3) is 2.40. The smallest absolute Gasteiger partial charge is 0.363 e. The Balaban J connectivity index is 1.66. The number of ether oxygens (including phenoxy) is 1. The van der Waals surface area contributed by atoms with Gasteiger partial charge in [0.2, 0.25) is 0 Å². The van der Waals surface area contributed by atoms with Gasteiger partial charge in [0.15, 0.2) is 11.5 Å². The molecule has 0 saturated heterocycles. The van der Waals surface area contributed by atoms with Crippen molar-refractivity contribution in [1.29, 1.82) is 0 Å². The lowest BCUT2D eigenvalue weighted by molar-refractivity contribution is 0.0725. The first-order chi connectivity index (χ1) is 11.2. The van der Waals surface area contributed by atoms with Crippen molar-refractivity contribution >= 4 is 17.4 Å². The Hall–Kier alpha value is -2.95. The number of nitrogens with zero attached hydrogens (tertiary/aromatic N) is 2. The van der Waals surface area contributed by atoms with E-state index in [-0.39, 0.29) is 11.5 Å². The van der Waals surface area contributed by atoms with Crippen LogP contribution < -0.4 is 4.74 Å². The molecule has 5 heteroatoms. The summed E-state index contributed by atoms with van der Waals surface area (Å²) in [5, 5.41) is 0. The van der Waals surface area contributed by atoms with Crippen LogP contribution in [0.3, 0.4) is 0 Å². The van der Waals surface area contributed by atoms with E-state index in [2.05, 4.69) is 4.98 Å². The average molecular weight is 306 g/mol. The quantitative estimate of drug-likeness (QED) is 0.539. The lowest BCUT2D eigenvalue weighted by Crippen LogP contribution is -2.15. The highest BCUT2D eigenvalue weighted by atomic mass is 16.5. The molecule has 0 amide bonds. The van der Waals surface area contributed by atoms with Crippen molar-refractivity contribution in [3.05, 3.63) is 65.6 Å². The van der Waals surface area contributed by atoms with Gasteiger partial charge in [-0.25, -0.2) is 9.78 Å². The van der Waals surface area contributed by atoms with E-state index in [1.165, 1.54) is 0 Å². The number of benzene rings is 1. The van der Waals surface area contributed by atoms with Crippen molar-refractivity contribution in [3.63, 3.8) is 0 Å². The first-order valence-corrected chi connectivity index (χ1v) is 7.53. The molecule has 2 aromatic heterocycles. The number of carbonyl (C=O) groups excluding carboxylic acids is 2. The van der Waals surface area contributed by atoms with Crippen LogP contribution in [0.4, 0.5) is 0 Å². The van der Waals surface area contributed by atoms with Gasteiger partial charge in [-0.05, 0) is 31.0 Å². The number of fused-ring (bicyclic) bond motifs is 2. The van der Waals surface area contributed by atoms with Gasteiger partial charge in [-0.1, -0.05) is 18.2 Å². The van der Waals surface area contributed by atoms with Crippen molar-refractivity contribution < 1.29 is 14.3 Å². The highest BCUT2D eigenvalue weighted by Gasteiger charge is 2.22. The van der Waals surface area contributed by atoms with Gasteiger partial charge in [-0.3, -0.25) is 4.79 Å². The van der Waals surface area contributed by atoms with E-state index < -0.39 is 5.97 Å². The van der Waals surface area contributed by atoms with Crippen LogP contribution in [0.25, 0.3) is 5.65 Å². The number of imidazole rings is 1. The highest BCUT2D eigenvalue weighted by molar-refractivity contribution is 5.99. The van der Waals surface area contributed by atoms with Gasteiger partial charge >= 0.3 is 5.97 Å². The third-order valence-electron chi connectivity index (χ3n) is 4.04. The predicted octanol–water partition coefficient (Wildman–Crippen LogP) is 3.07. The summed E-state index contributed by atoms with van der Waals surface area (Å²) in [6, 6.07) is 10.8. The molecule has 0 radical (unpaired) electrons. The van der Waals surface area contributed by atoms with Gasteiger partial charge in [-0.2, -0.15) is 0 Å². The third-order valence-corrected chi connectivity index (χ3v) is 4.04. The molecule has 114 valence electrons. The minimum Gasteiger partial charge on any atom is -0.421 e. The fourth-order valence-electron chi connectivity index (χ4n) is 2.93. The predicted molar refractivity (Wildman–Crippen MR) is 83.9 cm³/mol. The minimum atomic E-state index is -0.514. The number of rotatable bonds is 2. The van der Waals surface area contributed by atoms with E-state index in [9.17, 15) is 9.59 Å². The second-order valence-electron chi connectivity index (χ2n) is 5.54. The normalized spacial score (nSPS) is 13.8. The Morgan fingerprint density at radius 3 is 2.91 bits per heavy atom. The first-order valence-electron chi connectivity index (χ1n) is 7.53. The molecule has 1 aromatic carbocycles. The largest absolute Gasteiger partial charge is 0.421 e. The number of hydrogen-bond acceptors (Lipinski definition) is 4. The molecule has 1 aliphatic rings. The van der Waals surface area contributed by atoms with Gasteiger partial charge < -0.3 is 9.14 Å². The van der Waals surface area contributed by atoms with Gasteiger partial charge in [0.25, 0.3) is 0 Å². The van der Waals surface area contributed by atoms with E-state index in [4.69, 9.17) is 4.74 Å². The molecule has 1 aliphatic carbocycles. The van der Waals surface area contributed by atoms with Crippen LogP contribution in [-0.4, -0.2) is 21.1 Å². The summed E-state index contributed by atoms with van der Waals surface area (Å²) in [6.07, 6.45) is 5.54. The zero-order valence-electron chi connectivity index (χ0n) is 12.4. The summed E-state index contributed by atoms with van der Waals surface area (Å²) in [4.78, 5) is 28.6. The molecule has 0 saturated carbocycles. The number of ketones is 1. The maximum absolute atomic E-state index is 12.4. The summed E-state index contributed by atoms with van der Waals surface area (Å²) in [6.45, 7) is 0. The molecule has 0 spiro atoms. The van der Waals surface area contributed by atoms with Crippen LogP contribution in [0.5, 0.6) is 5.75 Å². The molecule has 0 fully saturated rings. The van der Waals surface area contributed by atoms with E-state index in [0.29, 0.717) is 23.4 Å². The minimum absolute atomic E-state index is 0.108. The summed E-state index contributed by atoms with van der Waals surface area (Å²) in [5.41, 5.74) is 2.41. The molecule has 23 heavy (non-hydrogen) atoms. The number of hydrogen-bond donors (Lipinski definition) is 0. The van der Waals surface area contributed by atoms with E-state index >= 15 is 0 Å². The van der Waals surface area contributed by atoms with E-state index in [1.54, 1.807) is 28.8 Å². The Bertz CT molecular complexity index is 894. The number of Topliss-reactive ketones (excluding diaryl/α,β-unsaturated/α-hetero) is 1. The van der Waals surface area contributed by atoms with Crippen molar-refractivity contribution in [1.82, 2.24) is 9.38 Å². The molecule has 0 atom stereocenters. The molecule has 2 heterocycles. The molecule has 3 aromatic rings. The fraction of sp³-hybridized carbons (Fsp3) is 0.167. The van der Waals surface area contributed by atoms with Gasteiger partial charge in [0.05, 0.1) is 0 Å². The average Bonchev–Trinajstić information content (AvgIpc) is 3.00. The number of pyridine rings is 1. The molecular formula is C18H14N2O3. The monoisotopic (exact) mass is 306 g/mol. The molecule has 0 aliphatic heterocycles. The second-order valence-corrected chi connectivity index (χ2v) is 5.54. The Morgan fingerprint density at radius 1 is 1.13 bits per heavy atom. The maximum Gasteiger partial charge on any atom is 0.363 e. The van der Waals surface area contributed by atoms with Crippen molar-refractivity contribution in [2.45, 2.75) is 19.3 Å².